The standard InChI is InChI=1S/C13H14N4O2S/c1-7-9(6-15-17-7)13(18)16-11-8(12(14)20)4-3-5-10(11)19-2/h3-6H,1-2H3,(H2,14,20)(H,15,17)(H,16,18). The van der Waals surface area contributed by atoms with Gasteiger partial charge >= 0.3 is 0 Å². The highest BCUT2D eigenvalue weighted by Crippen LogP contribution is 2.29. The summed E-state index contributed by atoms with van der Waals surface area (Å²) in [5, 5.41) is 9.29. The lowest BCUT2D eigenvalue weighted by Gasteiger charge is -2.14. The molecule has 2 rings (SSSR count). The van der Waals surface area contributed by atoms with Crippen molar-refractivity contribution >= 4 is 28.8 Å². The van der Waals surface area contributed by atoms with Crippen molar-refractivity contribution < 1.29 is 9.53 Å². The number of nitrogens with zero attached hydrogens (tertiary/aromatic N) is 1. The van der Waals surface area contributed by atoms with Gasteiger partial charge in [0.05, 0.1) is 24.6 Å². The van der Waals surface area contributed by atoms with Crippen LogP contribution in [0.15, 0.2) is 24.4 Å². The van der Waals surface area contributed by atoms with E-state index in [4.69, 9.17) is 22.7 Å². The number of methoxy groups -OCH3 is 1. The molecule has 1 heterocycles. The number of aryl methyl sites for hydroxylation is 1. The molecule has 0 saturated carbocycles. The number of rotatable bonds is 4. The number of H-pyrrole nitrogens is 1. The van der Waals surface area contributed by atoms with Gasteiger partial charge in [0.15, 0.2) is 0 Å². The molecule has 7 heteroatoms. The number of anilines is 1. The van der Waals surface area contributed by atoms with Crippen molar-refractivity contribution in [2.24, 2.45) is 5.73 Å². The maximum atomic E-state index is 12.2. The lowest BCUT2D eigenvalue weighted by molar-refractivity contribution is 0.102. The Morgan fingerprint density at radius 1 is 1.45 bits per heavy atom. The fourth-order valence-electron chi connectivity index (χ4n) is 1.80. The zero-order chi connectivity index (χ0) is 14.7. The van der Waals surface area contributed by atoms with Gasteiger partial charge in [-0.15, -0.1) is 0 Å². The van der Waals surface area contributed by atoms with E-state index in [2.05, 4.69) is 15.5 Å². The first-order chi connectivity index (χ1) is 9.54. The predicted octanol–water partition coefficient (Wildman–Crippen LogP) is 1.61. The van der Waals surface area contributed by atoms with Gasteiger partial charge in [0.25, 0.3) is 5.91 Å². The number of nitrogens with two attached hydrogens (primary N) is 1. The van der Waals surface area contributed by atoms with Crippen LogP contribution in [0, 0.1) is 6.92 Å². The fourth-order valence-corrected chi connectivity index (χ4v) is 1.97. The molecule has 0 saturated heterocycles. The molecule has 1 aromatic heterocycles. The average molecular weight is 290 g/mol. The minimum Gasteiger partial charge on any atom is -0.495 e. The number of thiocarbonyl (C=S) groups is 1. The maximum Gasteiger partial charge on any atom is 0.259 e. The topological polar surface area (TPSA) is 93.0 Å². The van der Waals surface area contributed by atoms with E-state index in [9.17, 15) is 4.79 Å². The van der Waals surface area contributed by atoms with Gasteiger partial charge in [0, 0.05) is 11.3 Å². The molecule has 0 unspecified atom stereocenters. The second kappa shape index (κ2) is 5.70. The van der Waals surface area contributed by atoms with Gasteiger partial charge in [0.2, 0.25) is 0 Å². The van der Waals surface area contributed by atoms with Crippen molar-refractivity contribution in [1.82, 2.24) is 10.2 Å². The number of aromatic nitrogens is 2. The van der Waals surface area contributed by atoms with Crippen molar-refractivity contribution in [3.63, 3.8) is 0 Å². The lowest BCUT2D eigenvalue weighted by Crippen LogP contribution is -2.18. The Morgan fingerprint density at radius 3 is 2.75 bits per heavy atom. The summed E-state index contributed by atoms with van der Waals surface area (Å²) in [5.74, 6) is 0.183. The molecule has 4 N–H and O–H groups in total. The van der Waals surface area contributed by atoms with Crippen LogP contribution in [-0.4, -0.2) is 28.2 Å². The molecule has 0 aliphatic rings. The SMILES string of the molecule is COc1cccc(C(N)=S)c1NC(=O)c1cn[nH]c1C. The minimum absolute atomic E-state index is 0.183. The molecular formula is C13H14N4O2S. The van der Waals surface area contributed by atoms with E-state index < -0.39 is 0 Å². The highest BCUT2D eigenvalue weighted by atomic mass is 32.1. The monoisotopic (exact) mass is 290 g/mol. The van der Waals surface area contributed by atoms with Crippen LogP contribution >= 0.6 is 12.2 Å². The maximum absolute atomic E-state index is 12.2. The largest absolute Gasteiger partial charge is 0.495 e. The number of nitrogens with one attached hydrogen (secondary N) is 2. The molecule has 0 aliphatic heterocycles. The van der Waals surface area contributed by atoms with Crippen LogP contribution in [0.5, 0.6) is 5.75 Å². The molecule has 0 bridgehead atoms. The van der Waals surface area contributed by atoms with Crippen LogP contribution in [0.1, 0.15) is 21.6 Å². The summed E-state index contributed by atoms with van der Waals surface area (Å²) in [6, 6.07) is 5.20. The molecule has 20 heavy (non-hydrogen) atoms. The molecule has 0 atom stereocenters. The minimum atomic E-state index is -0.307. The van der Waals surface area contributed by atoms with E-state index in [0.29, 0.717) is 28.3 Å². The van der Waals surface area contributed by atoms with Crippen molar-refractivity contribution in [3.8, 4) is 5.75 Å². The zero-order valence-corrected chi connectivity index (χ0v) is 11.9. The highest BCUT2D eigenvalue weighted by Gasteiger charge is 2.17. The van der Waals surface area contributed by atoms with Crippen molar-refractivity contribution in [2.45, 2.75) is 6.92 Å². The van der Waals surface area contributed by atoms with Crippen molar-refractivity contribution in [1.29, 1.82) is 0 Å². The van der Waals surface area contributed by atoms with E-state index in [-0.39, 0.29) is 10.9 Å². The predicted molar refractivity (Wildman–Crippen MR) is 80.2 cm³/mol. The van der Waals surface area contributed by atoms with E-state index in [0.717, 1.165) is 0 Å². The fraction of sp³-hybridized carbons (Fsp3) is 0.154. The van der Waals surface area contributed by atoms with Crippen LogP contribution in [0.4, 0.5) is 5.69 Å². The molecular weight excluding hydrogens is 276 g/mol. The lowest BCUT2D eigenvalue weighted by atomic mass is 10.1. The second-order valence-electron chi connectivity index (χ2n) is 4.11. The molecule has 104 valence electrons. The van der Waals surface area contributed by atoms with E-state index in [1.54, 1.807) is 25.1 Å². The van der Waals surface area contributed by atoms with Crippen LogP contribution in [0.2, 0.25) is 0 Å². The third-order valence-electron chi connectivity index (χ3n) is 2.82. The molecule has 0 aliphatic carbocycles. The third kappa shape index (κ3) is 2.62. The number of aromatic amines is 1. The van der Waals surface area contributed by atoms with Gasteiger partial charge in [-0.05, 0) is 19.1 Å². The number of carbonyl (C=O) groups excluding carboxylic acids is 1. The van der Waals surface area contributed by atoms with Gasteiger partial charge in [-0.3, -0.25) is 9.89 Å². The quantitative estimate of drug-likeness (QED) is 0.744. The summed E-state index contributed by atoms with van der Waals surface area (Å²) in [7, 11) is 1.51. The number of ether oxygens (including phenoxy) is 1. The summed E-state index contributed by atoms with van der Waals surface area (Å²) < 4.78 is 5.23. The van der Waals surface area contributed by atoms with Gasteiger partial charge in [-0.2, -0.15) is 5.10 Å². The summed E-state index contributed by atoms with van der Waals surface area (Å²) >= 11 is 4.99. The Labute approximate surface area is 121 Å². The number of benzene rings is 1. The first-order valence-electron chi connectivity index (χ1n) is 5.82. The zero-order valence-electron chi connectivity index (χ0n) is 11.1. The van der Waals surface area contributed by atoms with Crippen LogP contribution in [-0.2, 0) is 0 Å². The molecule has 2 aromatic rings. The van der Waals surface area contributed by atoms with Gasteiger partial charge in [0.1, 0.15) is 10.7 Å². The number of para-hydroxylation sites is 1. The van der Waals surface area contributed by atoms with Crippen molar-refractivity contribution in [2.75, 3.05) is 12.4 Å². The molecule has 1 aromatic carbocycles. The first-order valence-corrected chi connectivity index (χ1v) is 6.23. The Kier molecular flexibility index (Phi) is 3.99. The number of hydrogen-bond acceptors (Lipinski definition) is 4. The summed E-state index contributed by atoms with van der Waals surface area (Å²) in [4.78, 5) is 12.4. The van der Waals surface area contributed by atoms with Crippen LogP contribution < -0.4 is 15.8 Å². The van der Waals surface area contributed by atoms with E-state index in [1.807, 2.05) is 0 Å². The van der Waals surface area contributed by atoms with Crippen LogP contribution in [0.25, 0.3) is 0 Å². The summed E-state index contributed by atoms with van der Waals surface area (Å²) in [6.07, 6.45) is 1.46. The van der Waals surface area contributed by atoms with Gasteiger partial charge < -0.3 is 15.8 Å². The van der Waals surface area contributed by atoms with Gasteiger partial charge in [-0.25, -0.2) is 0 Å². The first kappa shape index (κ1) is 14.0. The van der Waals surface area contributed by atoms with E-state index >= 15 is 0 Å². The molecule has 1 amide bonds. The summed E-state index contributed by atoms with van der Waals surface area (Å²) in [6.45, 7) is 1.76. The Bertz CT molecular complexity index is 666. The number of carbonyl (C=O) groups is 1. The number of hydrogen-bond donors (Lipinski definition) is 3. The summed E-state index contributed by atoms with van der Waals surface area (Å²) in [5.41, 5.74) is 7.79. The Balaban J connectivity index is 2.40. The van der Waals surface area contributed by atoms with Gasteiger partial charge in [-0.1, -0.05) is 18.3 Å². The smallest absolute Gasteiger partial charge is 0.259 e. The normalized spacial score (nSPS) is 10.1. The molecule has 0 radical (unpaired) electrons. The molecule has 0 fully saturated rings. The van der Waals surface area contributed by atoms with Crippen molar-refractivity contribution in [3.05, 3.63) is 41.2 Å². The molecule has 6 nitrogen and oxygen atoms in total. The highest BCUT2D eigenvalue weighted by molar-refractivity contribution is 7.80. The average Bonchev–Trinajstić information content (AvgIpc) is 2.85. The van der Waals surface area contributed by atoms with Crippen LogP contribution in [0.3, 0.4) is 0 Å². The number of amides is 1. The molecule has 0 spiro atoms. The Morgan fingerprint density at radius 2 is 2.20 bits per heavy atom. The Hall–Kier alpha value is -2.41. The second-order valence-corrected chi connectivity index (χ2v) is 4.55. The third-order valence-corrected chi connectivity index (χ3v) is 3.04. The van der Waals surface area contributed by atoms with E-state index in [1.165, 1.54) is 13.3 Å².